The molecule has 0 N–H and O–H groups in total. The van der Waals surface area contributed by atoms with Crippen LogP contribution in [0.5, 0.6) is 0 Å². The van der Waals surface area contributed by atoms with Gasteiger partial charge in [0.25, 0.3) is 0 Å². The third-order valence-electron chi connectivity index (χ3n) is 5.54. The Bertz CT molecular complexity index is 879. The van der Waals surface area contributed by atoms with Gasteiger partial charge in [-0.25, -0.2) is 0 Å². The highest BCUT2D eigenvalue weighted by Crippen LogP contribution is 2.46. The van der Waals surface area contributed by atoms with Crippen molar-refractivity contribution in [3.8, 4) is 0 Å². The zero-order valence-corrected chi connectivity index (χ0v) is 14.1. The van der Waals surface area contributed by atoms with E-state index in [9.17, 15) is 0 Å². The van der Waals surface area contributed by atoms with Crippen molar-refractivity contribution in [1.29, 1.82) is 0 Å². The first-order valence-corrected chi connectivity index (χ1v) is 8.52. The van der Waals surface area contributed by atoms with Gasteiger partial charge in [-0.05, 0) is 46.5 Å². The molecule has 0 aliphatic carbocycles. The van der Waals surface area contributed by atoms with Crippen LogP contribution in [0.25, 0.3) is 0 Å². The molecule has 2 aliphatic rings. The Balaban J connectivity index is 1.71. The van der Waals surface area contributed by atoms with Crippen molar-refractivity contribution >= 4 is 22.7 Å². The van der Waals surface area contributed by atoms with E-state index in [0.717, 1.165) is 12.8 Å². The number of para-hydroxylation sites is 2. The fourth-order valence-electron chi connectivity index (χ4n) is 4.31. The molecular weight excluding hydrogens is 292 g/mol. The minimum absolute atomic E-state index is 1.02. The maximum Gasteiger partial charge on any atom is 0.0448 e. The first kappa shape index (κ1) is 13.7. The molecular formula is C22H20N2. The van der Waals surface area contributed by atoms with Crippen molar-refractivity contribution in [1.82, 2.24) is 0 Å². The Morgan fingerprint density at radius 1 is 0.542 bits per heavy atom. The molecule has 0 fully saturated rings. The lowest BCUT2D eigenvalue weighted by molar-refractivity contribution is 0.981. The molecule has 2 heterocycles. The average Bonchev–Trinajstić information content (AvgIpc) is 2.62. The van der Waals surface area contributed by atoms with Crippen molar-refractivity contribution in [2.45, 2.75) is 12.8 Å². The molecule has 3 aromatic rings. The van der Waals surface area contributed by atoms with Gasteiger partial charge in [-0.15, -0.1) is 0 Å². The maximum absolute atomic E-state index is 2.34. The highest BCUT2D eigenvalue weighted by molar-refractivity contribution is 5.82. The molecule has 0 bridgehead atoms. The van der Waals surface area contributed by atoms with E-state index in [-0.39, 0.29) is 0 Å². The zero-order chi connectivity index (χ0) is 16.3. The van der Waals surface area contributed by atoms with Crippen LogP contribution in [0.4, 0.5) is 22.7 Å². The standard InChI is InChI=1S/C22H20N2/c1-23-19-9-5-3-7-15(19)13-17-18-14-16-8-4-6-10-20(16)24(2)22(18)12-11-21(17)23/h3-12H,13-14H2,1-2H3. The highest BCUT2D eigenvalue weighted by Gasteiger charge is 2.27. The molecule has 2 aliphatic heterocycles. The van der Waals surface area contributed by atoms with Gasteiger partial charge in [0.2, 0.25) is 0 Å². The second kappa shape index (κ2) is 4.88. The van der Waals surface area contributed by atoms with E-state index in [1.807, 2.05) is 0 Å². The first-order valence-electron chi connectivity index (χ1n) is 8.52. The summed E-state index contributed by atoms with van der Waals surface area (Å²) >= 11 is 0. The molecule has 0 amide bonds. The lowest BCUT2D eigenvalue weighted by Crippen LogP contribution is -2.24. The molecule has 0 saturated carbocycles. The summed E-state index contributed by atoms with van der Waals surface area (Å²) in [6.45, 7) is 0. The molecule has 2 heteroatoms. The minimum atomic E-state index is 1.02. The Hall–Kier alpha value is -2.74. The van der Waals surface area contributed by atoms with Crippen LogP contribution >= 0.6 is 0 Å². The van der Waals surface area contributed by atoms with Crippen molar-refractivity contribution in [3.63, 3.8) is 0 Å². The van der Waals surface area contributed by atoms with Gasteiger partial charge < -0.3 is 9.80 Å². The van der Waals surface area contributed by atoms with E-state index < -0.39 is 0 Å². The summed E-state index contributed by atoms with van der Waals surface area (Å²) in [5.74, 6) is 0. The maximum atomic E-state index is 2.34. The van der Waals surface area contributed by atoms with Gasteiger partial charge in [-0.3, -0.25) is 0 Å². The summed E-state index contributed by atoms with van der Waals surface area (Å²) in [6, 6.07) is 22.1. The Morgan fingerprint density at radius 2 is 0.958 bits per heavy atom. The van der Waals surface area contributed by atoms with E-state index in [1.165, 1.54) is 45.0 Å². The first-order chi connectivity index (χ1) is 11.7. The molecule has 0 atom stereocenters. The molecule has 5 rings (SSSR count). The fourth-order valence-corrected chi connectivity index (χ4v) is 4.31. The molecule has 0 saturated heterocycles. The third kappa shape index (κ3) is 1.77. The molecule has 24 heavy (non-hydrogen) atoms. The van der Waals surface area contributed by atoms with E-state index in [2.05, 4.69) is 84.6 Å². The Labute approximate surface area is 143 Å². The van der Waals surface area contributed by atoms with Gasteiger partial charge in [-0.2, -0.15) is 0 Å². The summed E-state index contributed by atoms with van der Waals surface area (Å²) in [6.07, 6.45) is 2.05. The average molecular weight is 312 g/mol. The van der Waals surface area contributed by atoms with Crippen molar-refractivity contribution in [2.24, 2.45) is 0 Å². The highest BCUT2D eigenvalue weighted by atomic mass is 15.1. The van der Waals surface area contributed by atoms with Crippen LogP contribution in [0, 0.1) is 0 Å². The molecule has 0 radical (unpaired) electrons. The third-order valence-corrected chi connectivity index (χ3v) is 5.54. The SMILES string of the molecule is CN1c2ccccc2Cc2c1ccc1c2Cc2ccccc2N1C. The summed E-state index contributed by atoms with van der Waals surface area (Å²) in [4.78, 5) is 4.68. The lowest BCUT2D eigenvalue weighted by Gasteiger charge is -2.36. The predicted molar refractivity (Wildman–Crippen MR) is 101 cm³/mol. The van der Waals surface area contributed by atoms with Gasteiger partial charge in [0.05, 0.1) is 0 Å². The largest absolute Gasteiger partial charge is 0.344 e. The monoisotopic (exact) mass is 312 g/mol. The van der Waals surface area contributed by atoms with Crippen LogP contribution in [0.15, 0.2) is 60.7 Å². The van der Waals surface area contributed by atoms with Crippen molar-refractivity contribution < 1.29 is 0 Å². The van der Waals surface area contributed by atoms with Crippen LogP contribution in [-0.4, -0.2) is 14.1 Å². The molecule has 0 unspecified atom stereocenters. The number of hydrogen-bond donors (Lipinski definition) is 0. The second-order valence-corrected chi connectivity index (χ2v) is 6.79. The van der Waals surface area contributed by atoms with Gasteiger partial charge in [0, 0.05) is 49.7 Å². The number of nitrogens with zero attached hydrogens (tertiary/aromatic N) is 2. The number of rotatable bonds is 0. The summed E-state index contributed by atoms with van der Waals surface area (Å²) in [5.41, 5.74) is 11.2. The quantitative estimate of drug-likeness (QED) is 0.574. The zero-order valence-electron chi connectivity index (χ0n) is 14.1. The lowest BCUT2D eigenvalue weighted by atomic mass is 9.86. The van der Waals surface area contributed by atoms with E-state index >= 15 is 0 Å². The molecule has 2 nitrogen and oxygen atoms in total. The number of anilines is 4. The molecule has 0 spiro atoms. The summed E-state index contributed by atoms with van der Waals surface area (Å²) in [7, 11) is 4.37. The number of fused-ring (bicyclic) bond motifs is 5. The van der Waals surface area contributed by atoms with Crippen LogP contribution < -0.4 is 9.80 Å². The fraction of sp³-hybridized carbons (Fsp3) is 0.182. The topological polar surface area (TPSA) is 6.48 Å². The van der Waals surface area contributed by atoms with E-state index in [0.29, 0.717) is 0 Å². The van der Waals surface area contributed by atoms with Crippen molar-refractivity contribution in [2.75, 3.05) is 23.9 Å². The van der Waals surface area contributed by atoms with Crippen LogP contribution in [0.2, 0.25) is 0 Å². The van der Waals surface area contributed by atoms with Crippen LogP contribution in [0.1, 0.15) is 22.3 Å². The van der Waals surface area contributed by atoms with E-state index in [1.54, 1.807) is 0 Å². The van der Waals surface area contributed by atoms with E-state index in [4.69, 9.17) is 0 Å². The van der Waals surface area contributed by atoms with Crippen molar-refractivity contribution in [3.05, 3.63) is 82.9 Å². The van der Waals surface area contributed by atoms with Gasteiger partial charge >= 0.3 is 0 Å². The molecule has 118 valence electrons. The predicted octanol–water partition coefficient (Wildman–Crippen LogP) is 5.03. The Kier molecular flexibility index (Phi) is 2.78. The van der Waals surface area contributed by atoms with Crippen LogP contribution in [0.3, 0.4) is 0 Å². The second-order valence-electron chi connectivity index (χ2n) is 6.79. The minimum Gasteiger partial charge on any atom is -0.344 e. The smallest absolute Gasteiger partial charge is 0.0448 e. The normalized spacial score (nSPS) is 14.6. The molecule has 3 aromatic carbocycles. The summed E-state index contributed by atoms with van der Waals surface area (Å²) < 4.78 is 0. The number of hydrogen-bond acceptors (Lipinski definition) is 2. The van der Waals surface area contributed by atoms with Gasteiger partial charge in [0.15, 0.2) is 0 Å². The molecule has 0 aromatic heterocycles. The Morgan fingerprint density at radius 3 is 1.42 bits per heavy atom. The van der Waals surface area contributed by atoms with Gasteiger partial charge in [0.1, 0.15) is 0 Å². The van der Waals surface area contributed by atoms with Crippen LogP contribution in [-0.2, 0) is 12.8 Å². The number of benzene rings is 3. The van der Waals surface area contributed by atoms with Gasteiger partial charge in [-0.1, -0.05) is 36.4 Å². The summed E-state index contributed by atoms with van der Waals surface area (Å²) in [5, 5.41) is 0.